The molecule has 0 amide bonds. The van der Waals surface area contributed by atoms with Crippen LogP contribution in [0, 0.1) is 11.3 Å². The average molecular weight is 250 g/mol. The van der Waals surface area contributed by atoms with Gasteiger partial charge in [-0.2, -0.15) is 5.26 Å². The highest BCUT2D eigenvalue weighted by Crippen LogP contribution is 2.19. The second kappa shape index (κ2) is 5.02. The van der Waals surface area contributed by atoms with Gasteiger partial charge >= 0.3 is 0 Å². The van der Waals surface area contributed by atoms with E-state index in [1.54, 1.807) is 24.4 Å². The first-order valence-corrected chi connectivity index (χ1v) is 6.82. The molecule has 0 fully saturated rings. The van der Waals surface area contributed by atoms with Gasteiger partial charge in [0.05, 0.1) is 16.5 Å². The van der Waals surface area contributed by atoms with Crippen LogP contribution in [0.5, 0.6) is 0 Å². The van der Waals surface area contributed by atoms with Crippen LogP contribution >= 0.6 is 0 Å². The van der Waals surface area contributed by atoms with Crippen molar-refractivity contribution in [2.24, 2.45) is 0 Å². The standard InChI is InChI=1S/C12H14N2O2S/c1-14(2)7-6-11-5-4-10(9-13)8-12(11)17(3,15)16/h4-8H,1-3H3/b7-6+. The molecule has 0 heterocycles. The van der Waals surface area contributed by atoms with Crippen LogP contribution in [0.4, 0.5) is 0 Å². The van der Waals surface area contributed by atoms with E-state index in [0.29, 0.717) is 11.1 Å². The molecule has 0 aromatic heterocycles. The molecule has 0 aliphatic carbocycles. The van der Waals surface area contributed by atoms with Gasteiger partial charge in [0.1, 0.15) is 0 Å². The molecule has 1 aromatic rings. The Hall–Kier alpha value is -1.80. The molecule has 0 atom stereocenters. The van der Waals surface area contributed by atoms with Gasteiger partial charge in [0, 0.05) is 20.4 Å². The Morgan fingerprint density at radius 1 is 1.35 bits per heavy atom. The monoisotopic (exact) mass is 250 g/mol. The lowest BCUT2D eigenvalue weighted by Crippen LogP contribution is -2.03. The molecule has 0 spiro atoms. The summed E-state index contributed by atoms with van der Waals surface area (Å²) >= 11 is 0. The van der Waals surface area contributed by atoms with E-state index in [-0.39, 0.29) is 4.90 Å². The maximum atomic E-state index is 11.6. The highest BCUT2D eigenvalue weighted by atomic mass is 32.2. The van der Waals surface area contributed by atoms with Gasteiger partial charge in [0.25, 0.3) is 0 Å². The van der Waals surface area contributed by atoms with E-state index < -0.39 is 9.84 Å². The van der Waals surface area contributed by atoms with Crippen LogP contribution < -0.4 is 0 Å². The first-order valence-electron chi connectivity index (χ1n) is 4.93. The minimum absolute atomic E-state index is 0.176. The lowest BCUT2D eigenvalue weighted by atomic mass is 10.1. The van der Waals surface area contributed by atoms with Gasteiger partial charge in [-0.25, -0.2) is 8.42 Å². The largest absolute Gasteiger partial charge is 0.383 e. The molecule has 0 aliphatic heterocycles. The number of nitriles is 1. The second-order valence-corrected chi connectivity index (χ2v) is 5.90. The summed E-state index contributed by atoms with van der Waals surface area (Å²) in [6, 6.07) is 6.56. The van der Waals surface area contributed by atoms with Crippen LogP contribution in [0.1, 0.15) is 11.1 Å². The Morgan fingerprint density at radius 3 is 2.47 bits per heavy atom. The molecule has 1 aromatic carbocycles. The molecule has 0 bridgehead atoms. The van der Waals surface area contributed by atoms with Crippen molar-refractivity contribution in [3.8, 4) is 6.07 Å². The van der Waals surface area contributed by atoms with Crippen LogP contribution in [0.15, 0.2) is 29.3 Å². The lowest BCUT2D eigenvalue weighted by Gasteiger charge is -2.07. The van der Waals surface area contributed by atoms with Crippen molar-refractivity contribution in [3.05, 3.63) is 35.5 Å². The molecule has 90 valence electrons. The summed E-state index contributed by atoms with van der Waals surface area (Å²) in [5.41, 5.74) is 0.924. The molecule has 0 unspecified atom stereocenters. The predicted octanol–water partition coefficient (Wildman–Crippen LogP) is 1.49. The molecule has 0 saturated heterocycles. The normalized spacial score (nSPS) is 11.4. The third-order valence-corrected chi connectivity index (χ3v) is 3.25. The summed E-state index contributed by atoms with van der Waals surface area (Å²) in [6.45, 7) is 0. The summed E-state index contributed by atoms with van der Waals surface area (Å²) in [5, 5.41) is 8.77. The lowest BCUT2D eigenvalue weighted by molar-refractivity contribution is 0.567. The van der Waals surface area contributed by atoms with Crippen LogP contribution in [-0.4, -0.2) is 33.7 Å². The van der Waals surface area contributed by atoms with E-state index in [1.807, 2.05) is 25.1 Å². The van der Waals surface area contributed by atoms with Crippen molar-refractivity contribution in [2.75, 3.05) is 20.4 Å². The molecular weight excluding hydrogens is 236 g/mol. The zero-order valence-corrected chi connectivity index (χ0v) is 10.8. The van der Waals surface area contributed by atoms with Gasteiger partial charge in [-0.05, 0) is 30.0 Å². The minimum Gasteiger partial charge on any atom is -0.383 e. The first kappa shape index (κ1) is 13.3. The molecule has 1 rings (SSSR count). The number of hydrogen-bond donors (Lipinski definition) is 0. The quantitative estimate of drug-likeness (QED) is 0.815. The summed E-state index contributed by atoms with van der Waals surface area (Å²) in [5.74, 6) is 0. The third-order valence-electron chi connectivity index (χ3n) is 2.09. The van der Waals surface area contributed by atoms with Crippen molar-refractivity contribution in [1.29, 1.82) is 5.26 Å². The van der Waals surface area contributed by atoms with E-state index >= 15 is 0 Å². The Kier molecular flexibility index (Phi) is 3.92. The fourth-order valence-corrected chi connectivity index (χ4v) is 2.20. The van der Waals surface area contributed by atoms with Crippen LogP contribution in [0.2, 0.25) is 0 Å². The fraction of sp³-hybridized carbons (Fsp3) is 0.250. The zero-order valence-electron chi connectivity index (χ0n) is 10.0. The number of hydrogen-bond acceptors (Lipinski definition) is 4. The molecule has 5 heteroatoms. The van der Waals surface area contributed by atoms with Gasteiger partial charge in [-0.1, -0.05) is 6.07 Å². The predicted molar refractivity (Wildman–Crippen MR) is 67.0 cm³/mol. The first-order chi connectivity index (χ1) is 7.84. The van der Waals surface area contributed by atoms with Gasteiger partial charge < -0.3 is 4.90 Å². The van der Waals surface area contributed by atoms with Crippen molar-refractivity contribution in [1.82, 2.24) is 4.90 Å². The van der Waals surface area contributed by atoms with Crippen molar-refractivity contribution < 1.29 is 8.42 Å². The minimum atomic E-state index is -3.33. The van der Waals surface area contributed by atoms with E-state index in [0.717, 1.165) is 6.26 Å². The summed E-state index contributed by atoms with van der Waals surface area (Å²) in [4.78, 5) is 1.99. The van der Waals surface area contributed by atoms with E-state index in [4.69, 9.17) is 5.26 Å². The zero-order chi connectivity index (χ0) is 13.1. The molecule has 0 radical (unpaired) electrons. The maximum absolute atomic E-state index is 11.6. The van der Waals surface area contributed by atoms with Crippen molar-refractivity contribution in [2.45, 2.75) is 4.90 Å². The van der Waals surface area contributed by atoms with Gasteiger partial charge in [-0.3, -0.25) is 0 Å². The fourth-order valence-electron chi connectivity index (χ4n) is 1.29. The molecule has 0 N–H and O–H groups in total. The molecule has 0 aliphatic rings. The number of sulfone groups is 1. The van der Waals surface area contributed by atoms with Crippen molar-refractivity contribution >= 4 is 15.9 Å². The van der Waals surface area contributed by atoms with E-state index in [1.165, 1.54) is 6.07 Å². The summed E-state index contributed by atoms with van der Waals surface area (Å²) in [7, 11) is 0.360. The second-order valence-electron chi connectivity index (χ2n) is 3.92. The highest BCUT2D eigenvalue weighted by molar-refractivity contribution is 7.90. The molecule has 17 heavy (non-hydrogen) atoms. The molecule has 0 saturated carbocycles. The topological polar surface area (TPSA) is 61.2 Å². The number of rotatable bonds is 3. The van der Waals surface area contributed by atoms with Crippen LogP contribution in [0.25, 0.3) is 6.08 Å². The Labute approximate surface area is 102 Å². The van der Waals surface area contributed by atoms with Crippen LogP contribution in [0.3, 0.4) is 0 Å². The van der Waals surface area contributed by atoms with Gasteiger partial charge in [-0.15, -0.1) is 0 Å². The van der Waals surface area contributed by atoms with E-state index in [9.17, 15) is 8.42 Å². The molecule has 4 nitrogen and oxygen atoms in total. The third kappa shape index (κ3) is 3.61. The Bertz CT molecular complexity index is 581. The summed E-state index contributed by atoms with van der Waals surface area (Å²) in [6.07, 6.45) is 4.60. The van der Waals surface area contributed by atoms with Crippen LogP contribution in [-0.2, 0) is 9.84 Å². The number of benzene rings is 1. The SMILES string of the molecule is CN(C)/C=C/c1ccc(C#N)cc1S(C)(=O)=O. The average Bonchev–Trinajstić information content (AvgIpc) is 2.24. The highest BCUT2D eigenvalue weighted by Gasteiger charge is 2.12. The Morgan fingerprint density at radius 2 is 2.00 bits per heavy atom. The van der Waals surface area contributed by atoms with Crippen molar-refractivity contribution in [3.63, 3.8) is 0 Å². The summed E-state index contributed by atoms with van der Waals surface area (Å²) < 4.78 is 23.2. The van der Waals surface area contributed by atoms with Gasteiger partial charge in [0.2, 0.25) is 0 Å². The van der Waals surface area contributed by atoms with E-state index in [2.05, 4.69) is 0 Å². The molecular formula is C12H14N2O2S. The van der Waals surface area contributed by atoms with Gasteiger partial charge in [0.15, 0.2) is 9.84 Å². The number of nitrogens with zero attached hydrogens (tertiary/aromatic N) is 2. The smallest absolute Gasteiger partial charge is 0.176 e. The Balaban J connectivity index is 3.37. The maximum Gasteiger partial charge on any atom is 0.176 e.